The number of hydrogen-bond donors (Lipinski definition) is 1. The molecule has 0 aromatic carbocycles. The maximum Gasteiger partial charge on any atom is 0.133 e. The Morgan fingerprint density at radius 3 is 2.93 bits per heavy atom. The molecule has 0 atom stereocenters. The number of rotatable bonds is 3. The van der Waals surface area contributed by atoms with Crippen LogP contribution >= 0.6 is 15.9 Å². The van der Waals surface area contributed by atoms with Gasteiger partial charge in [-0.1, -0.05) is 0 Å². The third kappa shape index (κ3) is 1.91. The summed E-state index contributed by atoms with van der Waals surface area (Å²) in [5.74, 6) is 1.13. The smallest absolute Gasteiger partial charge is 0.133 e. The highest BCUT2D eigenvalue weighted by Crippen LogP contribution is 2.24. The predicted octanol–water partition coefficient (Wildman–Crippen LogP) is 1.77. The lowest BCUT2D eigenvalue weighted by molar-refractivity contribution is 0.604. The van der Waals surface area contributed by atoms with Crippen LogP contribution in [0.15, 0.2) is 16.7 Å². The Balaban J connectivity index is 2.26. The second-order valence-corrected chi connectivity index (χ2v) is 4.42. The summed E-state index contributed by atoms with van der Waals surface area (Å²) in [6, 6.07) is 2.14. The molecular formula is C10H14BrN3. The summed E-state index contributed by atoms with van der Waals surface area (Å²) in [4.78, 5) is 6.78. The van der Waals surface area contributed by atoms with Gasteiger partial charge in [0.05, 0.1) is 0 Å². The highest BCUT2D eigenvalue weighted by Gasteiger charge is 2.18. The standard InChI is InChI=1S/C10H14BrN3/c1-12-6-8-5-9(11)7-13-10(8)14-3-2-4-14/h5,7,12H,2-4,6H2,1H3. The van der Waals surface area contributed by atoms with Gasteiger partial charge in [-0.05, 0) is 35.5 Å². The Morgan fingerprint density at radius 1 is 1.57 bits per heavy atom. The second kappa shape index (κ2) is 4.28. The summed E-state index contributed by atoms with van der Waals surface area (Å²) in [5, 5.41) is 3.17. The van der Waals surface area contributed by atoms with Crippen molar-refractivity contribution in [2.24, 2.45) is 0 Å². The summed E-state index contributed by atoms with van der Waals surface area (Å²) < 4.78 is 1.05. The van der Waals surface area contributed by atoms with Crippen molar-refractivity contribution in [3.8, 4) is 0 Å². The summed E-state index contributed by atoms with van der Waals surface area (Å²) in [6.07, 6.45) is 3.16. The lowest BCUT2D eigenvalue weighted by Gasteiger charge is -2.33. The number of nitrogens with zero attached hydrogens (tertiary/aromatic N) is 2. The Bertz CT molecular complexity index is 323. The SMILES string of the molecule is CNCc1cc(Br)cnc1N1CCC1. The average molecular weight is 256 g/mol. The molecule has 14 heavy (non-hydrogen) atoms. The number of aromatic nitrogens is 1. The molecule has 0 bridgehead atoms. The molecule has 2 rings (SSSR count). The van der Waals surface area contributed by atoms with Crippen molar-refractivity contribution >= 4 is 21.7 Å². The molecule has 1 aliphatic heterocycles. The van der Waals surface area contributed by atoms with Gasteiger partial charge in [-0.15, -0.1) is 0 Å². The van der Waals surface area contributed by atoms with Gasteiger partial charge >= 0.3 is 0 Å². The summed E-state index contributed by atoms with van der Waals surface area (Å²) in [5.41, 5.74) is 1.27. The van der Waals surface area contributed by atoms with Crippen molar-refractivity contribution < 1.29 is 0 Å². The number of pyridine rings is 1. The average Bonchev–Trinajstić information content (AvgIpc) is 2.07. The van der Waals surface area contributed by atoms with Crippen molar-refractivity contribution in [2.45, 2.75) is 13.0 Å². The Labute approximate surface area is 92.6 Å². The molecule has 1 aromatic rings. The van der Waals surface area contributed by atoms with Gasteiger partial charge in [0.25, 0.3) is 0 Å². The molecule has 3 nitrogen and oxygen atoms in total. The highest BCUT2D eigenvalue weighted by atomic mass is 79.9. The molecule has 0 spiro atoms. The zero-order valence-corrected chi connectivity index (χ0v) is 9.84. The second-order valence-electron chi connectivity index (χ2n) is 3.51. The van der Waals surface area contributed by atoms with Gasteiger partial charge < -0.3 is 10.2 Å². The third-order valence-electron chi connectivity index (χ3n) is 2.43. The monoisotopic (exact) mass is 255 g/mol. The Hall–Kier alpha value is -0.610. The third-order valence-corrected chi connectivity index (χ3v) is 2.87. The van der Waals surface area contributed by atoms with Gasteiger partial charge in [-0.25, -0.2) is 4.98 Å². The molecule has 4 heteroatoms. The predicted molar refractivity (Wildman–Crippen MR) is 61.5 cm³/mol. The molecule has 0 radical (unpaired) electrons. The molecule has 0 aliphatic carbocycles. The molecule has 1 fully saturated rings. The van der Waals surface area contributed by atoms with E-state index in [1.54, 1.807) is 0 Å². The maximum absolute atomic E-state index is 4.46. The minimum atomic E-state index is 0.873. The van der Waals surface area contributed by atoms with E-state index >= 15 is 0 Å². The van der Waals surface area contributed by atoms with E-state index in [1.165, 1.54) is 12.0 Å². The molecule has 1 aliphatic rings. The fourth-order valence-electron chi connectivity index (χ4n) is 1.61. The zero-order chi connectivity index (χ0) is 9.97. The quantitative estimate of drug-likeness (QED) is 0.893. The molecule has 1 aromatic heterocycles. The van der Waals surface area contributed by atoms with Crippen LogP contribution in [0.2, 0.25) is 0 Å². The van der Waals surface area contributed by atoms with E-state index in [9.17, 15) is 0 Å². The van der Waals surface area contributed by atoms with Gasteiger partial charge in [0, 0.05) is 35.9 Å². The molecule has 1 saturated heterocycles. The van der Waals surface area contributed by atoms with Gasteiger partial charge in [0.2, 0.25) is 0 Å². The van der Waals surface area contributed by atoms with Crippen LogP contribution in [0.4, 0.5) is 5.82 Å². The van der Waals surface area contributed by atoms with E-state index < -0.39 is 0 Å². The first-order valence-corrected chi connectivity index (χ1v) is 5.64. The molecule has 0 amide bonds. The van der Waals surface area contributed by atoms with E-state index in [4.69, 9.17) is 0 Å². The molecule has 76 valence electrons. The lowest BCUT2D eigenvalue weighted by atomic mass is 10.1. The van der Waals surface area contributed by atoms with Crippen LogP contribution in [-0.4, -0.2) is 25.1 Å². The first-order chi connectivity index (χ1) is 6.81. The van der Waals surface area contributed by atoms with Crippen molar-refractivity contribution in [2.75, 3.05) is 25.0 Å². The van der Waals surface area contributed by atoms with Gasteiger partial charge in [0.15, 0.2) is 0 Å². The first-order valence-electron chi connectivity index (χ1n) is 4.85. The minimum Gasteiger partial charge on any atom is -0.356 e. The van der Waals surface area contributed by atoms with Gasteiger partial charge in [-0.2, -0.15) is 0 Å². The highest BCUT2D eigenvalue weighted by molar-refractivity contribution is 9.10. The van der Waals surface area contributed by atoms with Crippen molar-refractivity contribution in [3.05, 3.63) is 22.3 Å². The number of halogens is 1. The normalized spacial score (nSPS) is 15.4. The van der Waals surface area contributed by atoms with Crippen LogP contribution < -0.4 is 10.2 Å². The molecule has 0 saturated carbocycles. The van der Waals surface area contributed by atoms with Crippen LogP contribution in [0.5, 0.6) is 0 Å². The van der Waals surface area contributed by atoms with Crippen molar-refractivity contribution in [1.82, 2.24) is 10.3 Å². The van der Waals surface area contributed by atoms with E-state index in [2.05, 4.69) is 37.2 Å². The number of anilines is 1. The molecule has 0 unspecified atom stereocenters. The number of nitrogens with one attached hydrogen (secondary N) is 1. The largest absolute Gasteiger partial charge is 0.356 e. The first kappa shape index (κ1) is 9.93. The Kier molecular flexibility index (Phi) is 3.03. The van der Waals surface area contributed by atoms with Crippen LogP contribution in [0.3, 0.4) is 0 Å². The summed E-state index contributed by atoms with van der Waals surface area (Å²) in [6.45, 7) is 3.16. The minimum absolute atomic E-state index is 0.873. The van der Waals surface area contributed by atoms with E-state index in [0.29, 0.717) is 0 Å². The fourth-order valence-corrected chi connectivity index (χ4v) is 1.99. The topological polar surface area (TPSA) is 28.2 Å². The van der Waals surface area contributed by atoms with E-state index in [0.717, 1.165) is 29.9 Å². The molecular weight excluding hydrogens is 242 g/mol. The van der Waals surface area contributed by atoms with Gasteiger partial charge in [0.1, 0.15) is 5.82 Å². The summed E-state index contributed by atoms with van der Waals surface area (Å²) >= 11 is 3.45. The molecule has 2 heterocycles. The van der Waals surface area contributed by atoms with E-state index in [-0.39, 0.29) is 0 Å². The Morgan fingerprint density at radius 2 is 2.36 bits per heavy atom. The van der Waals surface area contributed by atoms with Crippen LogP contribution in [-0.2, 0) is 6.54 Å². The van der Waals surface area contributed by atoms with Crippen LogP contribution in [0.1, 0.15) is 12.0 Å². The van der Waals surface area contributed by atoms with Crippen molar-refractivity contribution in [3.63, 3.8) is 0 Å². The zero-order valence-electron chi connectivity index (χ0n) is 8.26. The van der Waals surface area contributed by atoms with Gasteiger partial charge in [-0.3, -0.25) is 0 Å². The van der Waals surface area contributed by atoms with Crippen LogP contribution in [0, 0.1) is 0 Å². The maximum atomic E-state index is 4.46. The van der Waals surface area contributed by atoms with Crippen molar-refractivity contribution in [1.29, 1.82) is 0 Å². The fraction of sp³-hybridized carbons (Fsp3) is 0.500. The van der Waals surface area contributed by atoms with E-state index in [1.807, 2.05) is 13.2 Å². The van der Waals surface area contributed by atoms with Crippen LogP contribution in [0.25, 0.3) is 0 Å². The lowest BCUT2D eigenvalue weighted by Crippen LogP contribution is -2.38. The summed E-state index contributed by atoms with van der Waals surface area (Å²) in [7, 11) is 1.96. The molecule has 1 N–H and O–H groups in total. The number of hydrogen-bond acceptors (Lipinski definition) is 3.